The van der Waals surface area contributed by atoms with Gasteiger partial charge in [0.1, 0.15) is 6.04 Å². The van der Waals surface area contributed by atoms with Crippen LogP contribution >= 0.6 is 0 Å². The molecule has 2 heterocycles. The Morgan fingerprint density at radius 1 is 1.00 bits per heavy atom. The first-order valence-electron chi connectivity index (χ1n) is 9.37. The number of rotatable bonds is 3. The third-order valence-electron chi connectivity index (χ3n) is 5.87. The quantitative estimate of drug-likeness (QED) is 0.880. The third-order valence-corrected chi connectivity index (χ3v) is 5.87. The van der Waals surface area contributed by atoms with Crippen LogP contribution in [0.3, 0.4) is 0 Å². The molecule has 4 rings (SSSR count). The molecule has 3 atom stereocenters. The monoisotopic (exact) mass is 328 g/mol. The maximum Gasteiger partial charge on any atom is 0.241 e. The fourth-order valence-corrected chi connectivity index (χ4v) is 4.45. The fraction of sp³-hybridized carbons (Fsp3) is 0.632. The van der Waals surface area contributed by atoms with Crippen LogP contribution in [-0.2, 0) is 11.3 Å². The maximum atomic E-state index is 12.9. The summed E-state index contributed by atoms with van der Waals surface area (Å²) in [5, 5.41) is 0. The summed E-state index contributed by atoms with van der Waals surface area (Å²) >= 11 is 0. The molecule has 0 bridgehead atoms. The minimum absolute atomic E-state index is 0.0176. The van der Waals surface area contributed by atoms with Gasteiger partial charge in [-0.25, -0.2) is 5.43 Å². The molecule has 1 amide bonds. The molecular weight excluding hydrogens is 300 g/mol. The highest BCUT2D eigenvalue weighted by molar-refractivity contribution is 5.82. The highest BCUT2D eigenvalue weighted by Crippen LogP contribution is 2.31. The van der Waals surface area contributed by atoms with E-state index in [1.807, 2.05) is 0 Å². The van der Waals surface area contributed by atoms with Gasteiger partial charge in [0.2, 0.25) is 5.91 Å². The summed E-state index contributed by atoms with van der Waals surface area (Å²) in [6, 6.07) is 11.1. The number of benzene rings is 1. The number of amides is 1. The van der Waals surface area contributed by atoms with Crippen LogP contribution in [0.4, 0.5) is 0 Å². The third kappa shape index (κ3) is 3.34. The Hall–Kier alpha value is -1.43. The minimum Gasteiger partial charge on any atom is -0.339 e. The second-order valence-electron chi connectivity index (χ2n) is 7.41. The lowest BCUT2D eigenvalue weighted by molar-refractivity contribution is -0.136. The van der Waals surface area contributed by atoms with Crippen LogP contribution in [0.2, 0.25) is 0 Å². The number of carbonyl (C=O) groups is 1. The van der Waals surface area contributed by atoms with Gasteiger partial charge >= 0.3 is 0 Å². The van der Waals surface area contributed by atoms with Gasteiger partial charge < -0.3 is 4.90 Å². The number of hydrogen-bond acceptors (Lipinski definition) is 4. The predicted octanol–water partition coefficient (Wildman–Crippen LogP) is 1.37. The van der Waals surface area contributed by atoms with Crippen molar-refractivity contribution in [3.63, 3.8) is 0 Å². The van der Waals surface area contributed by atoms with E-state index in [0.29, 0.717) is 17.9 Å². The molecular formula is C19H28N4O. The maximum absolute atomic E-state index is 12.9. The molecule has 1 saturated carbocycles. The van der Waals surface area contributed by atoms with E-state index >= 15 is 0 Å². The van der Waals surface area contributed by atoms with Crippen LogP contribution in [0.25, 0.3) is 0 Å². The number of nitrogens with one attached hydrogen (secondary N) is 2. The molecule has 130 valence electrons. The number of fused-ring (bicyclic) bond motifs is 1. The molecule has 0 radical (unpaired) electrons. The molecule has 24 heavy (non-hydrogen) atoms. The first-order chi connectivity index (χ1) is 11.8. The zero-order valence-electron chi connectivity index (χ0n) is 14.3. The van der Waals surface area contributed by atoms with E-state index in [9.17, 15) is 4.79 Å². The zero-order chi connectivity index (χ0) is 16.4. The molecule has 3 unspecified atom stereocenters. The van der Waals surface area contributed by atoms with Gasteiger partial charge in [-0.15, -0.1) is 0 Å². The minimum atomic E-state index is -0.0176. The average Bonchev–Trinajstić information content (AvgIpc) is 3.07. The van der Waals surface area contributed by atoms with Gasteiger partial charge in [0.05, 0.1) is 0 Å². The Labute approximate surface area is 144 Å². The summed E-state index contributed by atoms with van der Waals surface area (Å²) in [4.78, 5) is 17.4. The number of nitrogens with zero attached hydrogens (tertiary/aromatic N) is 2. The van der Waals surface area contributed by atoms with E-state index in [-0.39, 0.29) is 6.04 Å². The zero-order valence-corrected chi connectivity index (χ0v) is 14.3. The van der Waals surface area contributed by atoms with E-state index in [0.717, 1.165) is 32.7 Å². The molecule has 1 aliphatic carbocycles. The van der Waals surface area contributed by atoms with E-state index in [4.69, 9.17) is 0 Å². The Morgan fingerprint density at radius 3 is 2.54 bits per heavy atom. The van der Waals surface area contributed by atoms with Crippen LogP contribution in [0.1, 0.15) is 31.2 Å². The summed E-state index contributed by atoms with van der Waals surface area (Å²) in [5.74, 6) is 0.782. The van der Waals surface area contributed by atoms with Crippen molar-refractivity contribution in [1.29, 1.82) is 0 Å². The van der Waals surface area contributed by atoms with Crippen molar-refractivity contribution in [3.05, 3.63) is 35.9 Å². The lowest BCUT2D eigenvalue weighted by Crippen LogP contribution is -2.54. The molecule has 2 N–H and O–H groups in total. The van der Waals surface area contributed by atoms with Crippen molar-refractivity contribution in [2.45, 2.75) is 44.3 Å². The second-order valence-corrected chi connectivity index (χ2v) is 7.41. The van der Waals surface area contributed by atoms with Gasteiger partial charge in [-0.3, -0.25) is 15.1 Å². The smallest absolute Gasteiger partial charge is 0.241 e. The lowest BCUT2D eigenvalue weighted by atomic mass is 9.81. The van der Waals surface area contributed by atoms with Gasteiger partial charge in [-0.2, -0.15) is 0 Å². The van der Waals surface area contributed by atoms with E-state index in [1.54, 1.807) is 0 Å². The molecule has 5 nitrogen and oxygen atoms in total. The highest BCUT2D eigenvalue weighted by Gasteiger charge is 2.42. The van der Waals surface area contributed by atoms with Crippen LogP contribution in [-0.4, -0.2) is 54.0 Å². The number of hydrazine groups is 1. The molecule has 2 aliphatic heterocycles. The standard InChI is InChI=1S/C19H28N4O/c24-19(18-16-8-4-5-9-17(16)20-21-18)23-12-10-22(11-13-23)14-15-6-2-1-3-7-15/h1-3,6-7,16-18,20-21H,4-5,8-14H2. The van der Waals surface area contributed by atoms with Crippen LogP contribution < -0.4 is 10.9 Å². The Kier molecular flexibility index (Phi) is 4.83. The highest BCUT2D eigenvalue weighted by atomic mass is 16.2. The van der Waals surface area contributed by atoms with Crippen molar-refractivity contribution in [2.24, 2.45) is 5.92 Å². The Bertz CT molecular complexity index is 556. The van der Waals surface area contributed by atoms with Crippen LogP contribution in [0.15, 0.2) is 30.3 Å². The second kappa shape index (κ2) is 7.21. The Morgan fingerprint density at radius 2 is 1.75 bits per heavy atom. The molecule has 3 aliphatic rings. The van der Waals surface area contributed by atoms with Crippen molar-refractivity contribution >= 4 is 5.91 Å². The SMILES string of the molecule is O=C(C1NNC2CCCCC21)N1CCN(Cc2ccccc2)CC1. The molecule has 0 spiro atoms. The van der Waals surface area contributed by atoms with Crippen LogP contribution in [0.5, 0.6) is 0 Å². The number of carbonyl (C=O) groups excluding carboxylic acids is 1. The van der Waals surface area contributed by atoms with Gasteiger partial charge in [-0.1, -0.05) is 43.2 Å². The lowest BCUT2D eigenvalue weighted by Gasteiger charge is -2.37. The summed E-state index contributed by atoms with van der Waals surface area (Å²) in [7, 11) is 0. The van der Waals surface area contributed by atoms with E-state index < -0.39 is 0 Å². The molecule has 5 heteroatoms. The molecule has 2 saturated heterocycles. The van der Waals surface area contributed by atoms with Crippen molar-refractivity contribution < 1.29 is 4.79 Å². The molecule has 1 aromatic carbocycles. The average molecular weight is 328 g/mol. The molecule has 0 aromatic heterocycles. The van der Waals surface area contributed by atoms with Crippen molar-refractivity contribution in [3.8, 4) is 0 Å². The fourth-order valence-electron chi connectivity index (χ4n) is 4.45. The first kappa shape index (κ1) is 16.1. The van der Waals surface area contributed by atoms with Crippen molar-refractivity contribution in [2.75, 3.05) is 26.2 Å². The largest absolute Gasteiger partial charge is 0.339 e. The Balaban J connectivity index is 1.30. The van der Waals surface area contributed by atoms with Gasteiger partial charge in [0, 0.05) is 44.7 Å². The number of hydrogen-bond donors (Lipinski definition) is 2. The van der Waals surface area contributed by atoms with Crippen molar-refractivity contribution in [1.82, 2.24) is 20.7 Å². The van der Waals surface area contributed by atoms with Gasteiger partial charge in [0.25, 0.3) is 0 Å². The van der Waals surface area contributed by atoms with E-state index in [2.05, 4.69) is 51.0 Å². The molecule has 1 aromatic rings. The molecule has 3 fully saturated rings. The first-order valence-corrected chi connectivity index (χ1v) is 9.37. The number of piperazine rings is 1. The summed E-state index contributed by atoms with van der Waals surface area (Å²) in [6.07, 6.45) is 4.93. The summed E-state index contributed by atoms with van der Waals surface area (Å²) in [6.45, 7) is 4.61. The van der Waals surface area contributed by atoms with Gasteiger partial charge in [0.15, 0.2) is 0 Å². The summed E-state index contributed by atoms with van der Waals surface area (Å²) < 4.78 is 0. The van der Waals surface area contributed by atoms with Crippen LogP contribution in [0, 0.1) is 5.92 Å². The predicted molar refractivity (Wildman–Crippen MR) is 94.1 cm³/mol. The van der Waals surface area contributed by atoms with Gasteiger partial charge in [-0.05, 0) is 18.4 Å². The van der Waals surface area contributed by atoms with E-state index in [1.165, 1.54) is 31.2 Å². The normalized spacial score (nSPS) is 31.0. The summed E-state index contributed by atoms with van der Waals surface area (Å²) in [5.41, 5.74) is 8.00. The topological polar surface area (TPSA) is 47.6 Å².